The quantitative estimate of drug-likeness (QED) is 0.234. The van der Waals surface area contributed by atoms with Crippen LogP contribution in [0.5, 0.6) is 17.2 Å². The zero-order valence-electron chi connectivity index (χ0n) is 22.1. The molecule has 1 atom stereocenters. The molecule has 12 heteroatoms. The summed E-state index contributed by atoms with van der Waals surface area (Å²) in [6.45, 7) is 5.74. The second-order valence-corrected chi connectivity index (χ2v) is 9.15. The minimum absolute atomic E-state index is 0.0976. The van der Waals surface area contributed by atoms with Crippen molar-refractivity contribution in [1.82, 2.24) is 15.3 Å². The molecule has 12 nitrogen and oxygen atoms in total. The molecule has 1 heterocycles. The van der Waals surface area contributed by atoms with E-state index in [0.717, 1.165) is 16.5 Å². The van der Waals surface area contributed by atoms with E-state index in [4.69, 9.17) is 25.7 Å². The number of aromatic nitrogens is 2. The van der Waals surface area contributed by atoms with E-state index in [1.54, 1.807) is 12.1 Å². The second kappa shape index (κ2) is 12.2. The van der Waals surface area contributed by atoms with Crippen molar-refractivity contribution < 1.29 is 28.9 Å². The van der Waals surface area contributed by atoms with Crippen molar-refractivity contribution in [3.63, 3.8) is 0 Å². The average molecular weight is 527 g/mol. The van der Waals surface area contributed by atoms with Gasteiger partial charge in [0.2, 0.25) is 11.7 Å². The SMILES string of the molecule is COc1cc(NCc2ccc3nc(N)nc(N)c3c2C)cc(OC)c1OCC(=O)N[C@H](CC(C)C)C(=O)O. The van der Waals surface area contributed by atoms with E-state index < -0.39 is 24.5 Å². The number of amides is 1. The topological polar surface area (TPSA) is 184 Å². The highest BCUT2D eigenvalue weighted by Gasteiger charge is 2.22. The van der Waals surface area contributed by atoms with Gasteiger partial charge in [-0.3, -0.25) is 4.79 Å². The molecule has 0 aliphatic heterocycles. The lowest BCUT2D eigenvalue weighted by atomic mass is 10.0. The number of nitrogen functional groups attached to an aromatic ring is 2. The third-order valence-electron chi connectivity index (χ3n) is 5.91. The van der Waals surface area contributed by atoms with E-state index in [2.05, 4.69) is 20.6 Å². The number of hydrogen-bond donors (Lipinski definition) is 5. The Balaban J connectivity index is 1.75. The summed E-state index contributed by atoms with van der Waals surface area (Å²) >= 11 is 0. The van der Waals surface area contributed by atoms with Crippen LogP contribution in [-0.4, -0.2) is 53.8 Å². The smallest absolute Gasteiger partial charge is 0.326 e. The first kappa shape index (κ1) is 28.1. The van der Waals surface area contributed by atoms with Gasteiger partial charge in [-0.05, 0) is 36.5 Å². The van der Waals surface area contributed by atoms with Gasteiger partial charge < -0.3 is 41.4 Å². The van der Waals surface area contributed by atoms with Gasteiger partial charge in [0.15, 0.2) is 18.1 Å². The first-order valence-electron chi connectivity index (χ1n) is 12.0. The largest absolute Gasteiger partial charge is 0.493 e. The molecule has 0 unspecified atom stereocenters. The van der Waals surface area contributed by atoms with E-state index in [9.17, 15) is 14.7 Å². The van der Waals surface area contributed by atoms with Gasteiger partial charge in [-0.15, -0.1) is 0 Å². The van der Waals surface area contributed by atoms with E-state index in [0.29, 0.717) is 41.5 Å². The number of carboxylic acid groups (broad SMARTS) is 1. The van der Waals surface area contributed by atoms with Crippen molar-refractivity contribution in [2.45, 2.75) is 39.8 Å². The maximum absolute atomic E-state index is 12.4. The van der Waals surface area contributed by atoms with Crippen LogP contribution in [0.4, 0.5) is 17.5 Å². The van der Waals surface area contributed by atoms with Gasteiger partial charge >= 0.3 is 5.97 Å². The molecular formula is C26H34N6O6. The number of hydrogen-bond acceptors (Lipinski definition) is 10. The summed E-state index contributed by atoms with van der Waals surface area (Å²) in [5.41, 5.74) is 15.0. The van der Waals surface area contributed by atoms with Crippen LogP contribution in [0.3, 0.4) is 0 Å². The van der Waals surface area contributed by atoms with E-state index in [1.165, 1.54) is 14.2 Å². The van der Waals surface area contributed by atoms with Crippen molar-refractivity contribution in [1.29, 1.82) is 0 Å². The number of anilines is 3. The molecule has 0 bridgehead atoms. The number of aliphatic carboxylic acids is 1. The lowest BCUT2D eigenvalue weighted by molar-refractivity contribution is -0.142. The normalized spacial score (nSPS) is 11.7. The van der Waals surface area contributed by atoms with Crippen LogP contribution < -0.4 is 36.3 Å². The van der Waals surface area contributed by atoms with Gasteiger partial charge in [0.25, 0.3) is 5.91 Å². The molecule has 204 valence electrons. The van der Waals surface area contributed by atoms with Crippen molar-refractivity contribution in [3.05, 3.63) is 35.4 Å². The number of rotatable bonds is 12. The molecule has 0 saturated carbocycles. The molecule has 1 aromatic heterocycles. The molecule has 3 aromatic rings. The summed E-state index contributed by atoms with van der Waals surface area (Å²) < 4.78 is 16.6. The molecule has 0 aliphatic rings. The van der Waals surface area contributed by atoms with Crippen molar-refractivity contribution >= 4 is 40.2 Å². The fourth-order valence-corrected chi connectivity index (χ4v) is 4.06. The Labute approximate surface area is 220 Å². The number of benzene rings is 2. The summed E-state index contributed by atoms with van der Waals surface area (Å²) in [6.07, 6.45) is 0.304. The standard InChI is InChI=1S/C26H34N6O6/c1-13(2)8-18(25(34)35)30-21(33)12-38-23-19(36-4)9-16(10-20(23)37-5)29-11-15-6-7-17-22(14(15)3)24(27)32-26(28)31-17/h6-7,9-10,13,18,29H,8,11-12H2,1-5H3,(H,30,33)(H,34,35)(H4,27,28,31,32)/t18-/m1/s1. The highest BCUT2D eigenvalue weighted by Crippen LogP contribution is 2.40. The first-order valence-corrected chi connectivity index (χ1v) is 12.0. The number of fused-ring (bicyclic) bond motifs is 1. The van der Waals surface area contributed by atoms with Gasteiger partial charge in [0.1, 0.15) is 11.9 Å². The Morgan fingerprint density at radius 2 is 1.74 bits per heavy atom. The second-order valence-electron chi connectivity index (χ2n) is 9.15. The molecule has 1 amide bonds. The fraction of sp³-hybridized carbons (Fsp3) is 0.385. The van der Waals surface area contributed by atoms with Crippen LogP contribution in [0.2, 0.25) is 0 Å². The Morgan fingerprint density at radius 3 is 2.32 bits per heavy atom. The van der Waals surface area contributed by atoms with Crippen molar-refractivity contribution in [2.75, 3.05) is 37.6 Å². The van der Waals surface area contributed by atoms with E-state index in [-0.39, 0.29) is 17.6 Å². The summed E-state index contributed by atoms with van der Waals surface area (Å²) in [5, 5.41) is 15.9. The van der Waals surface area contributed by atoms with Crippen molar-refractivity contribution in [3.8, 4) is 17.2 Å². The first-order chi connectivity index (χ1) is 18.0. The number of nitrogens with two attached hydrogens (primary N) is 2. The van der Waals surface area contributed by atoms with Gasteiger partial charge in [-0.25, -0.2) is 9.78 Å². The summed E-state index contributed by atoms with van der Waals surface area (Å²) in [4.78, 5) is 32.1. The van der Waals surface area contributed by atoms with Crippen LogP contribution >= 0.6 is 0 Å². The number of nitrogens with one attached hydrogen (secondary N) is 2. The molecule has 0 fully saturated rings. The highest BCUT2D eigenvalue weighted by atomic mass is 16.5. The van der Waals surface area contributed by atoms with Crippen LogP contribution in [0.25, 0.3) is 10.9 Å². The van der Waals surface area contributed by atoms with Crippen LogP contribution in [0.15, 0.2) is 24.3 Å². The number of carbonyl (C=O) groups is 2. The molecule has 38 heavy (non-hydrogen) atoms. The molecule has 0 spiro atoms. The molecule has 0 radical (unpaired) electrons. The minimum Gasteiger partial charge on any atom is -0.493 e. The number of nitrogens with zero attached hydrogens (tertiary/aromatic N) is 2. The molecule has 2 aromatic carbocycles. The lowest BCUT2D eigenvalue weighted by Crippen LogP contribution is -2.43. The summed E-state index contributed by atoms with van der Waals surface area (Å²) in [7, 11) is 2.94. The monoisotopic (exact) mass is 526 g/mol. The minimum atomic E-state index is -1.10. The Hall–Kier alpha value is -4.48. The fourth-order valence-electron chi connectivity index (χ4n) is 4.06. The maximum atomic E-state index is 12.4. The third-order valence-corrected chi connectivity index (χ3v) is 5.91. The van der Waals surface area contributed by atoms with Gasteiger partial charge in [-0.1, -0.05) is 19.9 Å². The van der Waals surface area contributed by atoms with Crippen LogP contribution in [0.1, 0.15) is 31.4 Å². The Morgan fingerprint density at radius 1 is 1.08 bits per heavy atom. The average Bonchev–Trinajstić information content (AvgIpc) is 2.85. The zero-order valence-corrected chi connectivity index (χ0v) is 22.1. The molecule has 0 saturated heterocycles. The van der Waals surface area contributed by atoms with Gasteiger partial charge in [0, 0.05) is 29.8 Å². The zero-order chi connectivity index (χ0) is 28.0. The molecular weight excluding hydrogens is 492 g/mol. The lowest BCUT2D eigenvalue weighted by Gasteiger charge is -2.19. The predicted octanol–water partition coefficient (Wildman–Crippen LogP) is 2.73. The summed E-state index contributed by atoms with van der Waals surface area (Å²) in [6, 6.07) is 6.20. The van der Waals surface area contributed by atoms with E-state index in [1.807, 2.05) is 32.9 Å². The summed E-state index contributed by atoms with van der Waals surface area (Å²) in [5.74, 6) is -0.243. The number of aryl methyl sites for hydroxylation is 1. The number of carbonyl (C=O) groups excluding carboxylic acids is 1. The Kier molecular flexibility index (Phi) is 9.00. The third kappa shape index (κ3) is 6.64. The maximum Gasteiger partial charge on any atom is 0.326 e. The number of carboxylic acids is 1. The number of ether oxygens (including phenoxy) is 3. The van der Waals surface area contributed by atoms with Gasteiger partial charge in [0.05, 0.1) is 19.7 Å². The molecule has 7 N–H and O–H groups in total. The van der Waals surface area contributed by atoms with E-state index >= 15 is 0 Å². The highest BCUT2D eigenvalue weighted by molar-refractivity contribution is 5.92. The molecule has 3 rings (SSSR count). The number of methoxy groups -OCH3 is 2. The van der Waals surface area contributed by atoms with Gasteiger partial charge in [-0.2, -0.15) is 4.98 Å². The molecule has 0 aliphatic carbocycles. The van der Waals surface area contributed by atoms with Crippen LogP contribution in [0, 0.1) is 12.8 Å². The Bertz CT molecular complexity index is 1300. The van der Waals surface area contributed by atoms with Crippen molar-refractivity contribution in [2.24, 2.45) is 5.92 Å². The van der Waals surface area contributed by atoms with Crippen LogP contribution in [-0.2, 0) is 16.1 Å². The predicted molar refractivity (Wildman–Crippen MR) is 144 cm³/mol.